The second kappa shape index (κ2) is 3.76. The third kappa shape index (κ3) is 1.69. The number of thioether (sulfide) groups is 1. The van der Waals surface area contributed by atoms with E-state index in [0.717, 1.165) is 10.9 Å². The summed E-state index contributed by atoms with van der Waals surface area (Å²) in [6, 6.07) is 0. The van der Waals surface area contributed by atoms with Crippen LogP contribution in [0.15, 0.2) is 16.1 Å². The van der Waals surface area contributed by atoms with E-state index in [1.54, 1.807) is 36.5 Å². The van der Waals surface area contributed by atoms with Gasteiger partial charge in [0.2, 0.25) is 0 Å². The molecular formula is C8H12N2OS. The van der Waals surface area contributed by atoms with Crippen LogP contribution in [0.4, 0.5) is 0 Å². The zero-order valence-corrected chi connectivity index (χ0v) is 8.31. The largest absolute Gasteiger partial charge is 0.291 e. The van der Waals surface area contributed by atoms with Crippen LogP contribution in [0.5, 0.6) is 0 Å². The van der Waals surface area contributed by atoms with Crippen molar-refractivity contribution in [2.24, 2.45) is 7.05 Å². The maximum absolute atomic E-state index is 11.4. The zero-order valence-electron chi connectivity index (χ0n) is 7.50. The lowest BCUT2D eigenvalue weighted by Gasteiger charge is -2.04. The lowest BCUT2D eigenvalue weighted by Crippen LogP contribution is -2.21. The van der Waals surface area contributed by atoms with Crippen LogP contribution in [-0.4, -0.2) is 15.3 Å². The Morgan fingerprint density at radius 2 is 2.33 bits per heavy atom. The molecule has 0 fully saturated rings. The van der Waals surface area contributed by atoms with Crippen molar-refractivity contribution in [1.29, 1.82) is 0 Å². The molecule has 4 heteroatoms. The fourth-order valence-corrected chi connectivity index (χ4v) is 1.57. The summed E-state index contributed by atoms with van der Waals surface area (Å²) in [5, 5.41) is 0.785. The second-order valence-electron chi connectivity index (χ2n) is 2.52. The van der Waals surface area contributed by atoms with Crippen LogP contribution >= 0.6 is 11.8 Å². The van der Waals surface area contributed by atoms with Crippen molar-refractivity contribution in [1.82, 2.24) is 9.55 Å². The molecule has 0 atom stereocenters. The Kier molecular flexibility index (Phi) is 2.92. The highest BCUT2D eigenvalue weighted by atomic mass is 32.2. The lowest BCUT2D eigenvalue weighted by molar-refractivity contribution is 0.700. The van der Waals surface area contributed by atoms with Gasteiger partial charge >= 0.3 is 0 Å². The molecule has 0 aliphatic rings. The van der Waals surface area contributed by atoms with Gasteiger partial charge in [-0.25, -0.2) is 4.98 Å². The van der Waals surface area contributed by atoms with Gasteiger partial charge in [-0.1, -0.05) is 18.7 Å². The summed E-state index contributed by atoms with van der Waals surface area (Å²) in [6.07, 6.45) is 1.63. The predicted octanol–water partition coefficient (Wildman–Crippen LogP) is 1.20. The van der Waals surface area contributed by atoms with E-state index in [-0.39, 0.29) is 5.56 Å². The van der Waals surface area contributed by atoms with E-state index in [4.69, 9.17) is 0 Å². The van der Waals surface area contributed by atoms with Gasteiger partial charge in [-0.3, -0.25) is 9.36 Å². The lowest BCUT2D eigenvalue weighted by atomic mass is 10.4. The van der Waals surface area contributed by atoms with Crippen molar-refractivity contribution in [3.05, 3.63) is 22.1 Å². The SMILES string of the molecule is CCSc1ncc(C)c(=O)n1C. The van der Waals surface area contributed by atoms with Gasteiger partial charge in [0.15, 0.2) is 5.16 Å². The molecule has 0 saturated carbocycles. The summed E-state index contributed by atoms with van der Waals surface area (Å²) in [6.45, 7) is 3.81. The Bertz CT molecular complexity index is 332. The summed E-state index contributed by atoms with van der Waals surface area (Å²) < 4.78 is 1.59. The first-order valence-corrected chi connectivity index (χ1v) is 4.80. The monoisotopic (exact) mass is 184 g/mol. The van der Waals surface area contributed by atoms with E-state index in [2.05, 4.69) is 4.98 Å². The molecule has 1 heterocycles. The quantitative estimate of drug-likeness (QED) is 0.511. The molecule has 0 spiro atoms. The molecule has 3 nitrogen and oxygen atoms in total. The molecule has 1 aromatic rings. The molecule has 1 rings (SSSR count). The van der Waals surface area contributed by atoms with Crippen LogP contribution in [0.2, 0.25) is 0 Å². The fraction of sp³-hybridized carbons (Fsp3) is 0.500. The van der Waals surface area contributed by atoms with E-state index in [1.165, 1.54) is 0 Å². The Morgan fingerprint density at radius 1 is 1.67 bits per heavy atom. The number of aryl methyl sites for hydroxylation is 1. The molecule has 0 aliphatic heterocycles. The molecule has 0 amide bonds. The molecule has 0 bridgehead atoms. The van der Waals surface area contributed by atoms with Gasteiger partial charge in [0.25, 0.3) is 5.56 Å². The predicted molar refractivity (Wildman–Crippen MR) is 50.6 cm³/mol. The Morgan fingerprint density at radius 3 is 2.92 bits per heavy atom. The Labute approximate surface area is 75.8 Å². The van der Waals surface area contributed by atoms with E-state index >= 15 is 0 Å². The third-order valence-electron chi connectivity index (χ3n) is 1.57. The highest BCUT2D eigenvalue weighted by Crippen LogP contribution is 2.10. The topological polar surface area (TPSA) is 34.9 Å². The summed E-state index contributed by atoms with van der Waals surface area (Å²) >= 11 is 1.58. The Hall–Kier alpha value is -0.770. The van der Waals surface area contributed by atoms with Crippen LogP contribution in [0.3, 0.4) is 0 Å². The first-order chi connectivity index (χ1) is 5.66. The summed E-state index contributed by atoms with van der Waals surface area (Å²) in [5.74, 6) is 0.934. The maximum atomic E-state index is 11.4. The smallest absolute Gasteiger partial charge is 0.256 e. The van der Waals surface area contributed by atoms with Crippen molar-refractivity contribution >= 4 is 11.8 Å². The Balaban J connectivity index is 3.18. The average molecular weight is 184 g/mol. The molecular weight excluding hydrogens is 172 g/mol. The van der Waals surface area contributed by atoms with Crippen molar-refractivity contribution in [3.8, 4) is 0 Å². The third-order valence-corrected chi connectivity index (χ3v) is 2.50. The summed E-state index contributed by atoms with van der Waals surface area (Å²) in [5.41, 5.74) is 0.735. The first-order valence-electron chi connectivity index (χ1n) is 3.82. The fourth-order valence-electron chi connectivity index (χ4n) is 0.908. The van der Waals surface area contributed by atoms with Crippen LogP contribution in [0.1, 0.15) is 12.5 Å². The van der Waals surface area contributed by atoms with E-state index < -0.39 is 0 Å². The van der Waals surface area contributed by atoms with Crippen LogP contribution in [-0.2, 0) is 7.05 Å². The zero-order chi connectivity index (χ0) is 9.14. The first kappa shape index (κ1) is 9.32. The van der Waals surface area contributed by atoms with Gasteiger partial charge in [-0.2, -0.15) is 0 Å². The molecule has 0 saturated heterocycles. The van der Waals surface area contributed by atoms with Crippen molar-refractivity contribution in [2.75, 3.05) is 5.75 Å². The van der Waals surface area contributed by atoms with Crippen LogP contribution in [0, 0.1) is 6.92 Å². The normalized spacial score (nSPS) is 10.2. The highest BCUT2D eigenvalue weighted by Gasteiger charge is 2.02. The second-order valence-corrected chi connectivity index (χ2v) is 3.75. The van der Waals surface area contributed by atoms with Crippen LogP contribution < -0.4 is 5.56 Å². The number of aromatic nitrogens is 2. The molecule has 0 aliphatic carbocycles. The molecule has 0 unspecified atom stereocenters. The van der Waals surface area contributed by atoms with Crippen molar-refractivity contribution in [2.45, 2.75) is 19.0 Å². The molecule has 66 valence electrons. The molecule has 0 N–H and O–H groups in total. The molecule has 0 aromatic carbocycles. The van der Waals surface area contributed by atoms with Gasteiger partial charge < -0.3 is 0 Å². The minimum Gasteiger partial charge on any atom is -0.291 e. The van der Waals surface area contributed by atoms with Gasteiger partial charge in [-0.15, -0.1) is 0 Å². The molecule has 0 radical (unpaired) electrons. The molecule has 1 aromatic heterocycles. The average Bonchev–Trinajstić information content (AvgIpc) is 2.07. The van der Waals surface area contributed by atoms with Gasteiger partial charge in [0.1, 0.15) is 0 Å². The van der Waals surface area contributed by atoms with Gasteiger partial charge in [0, 0.05) is 18.8 Å². The number of hydrogen-bond donors (Lipinski definition) is 0. The minimum absolute atomic E-state index is 0.0425. The summed E-state index contributed by atoms with van der Waals surface area (Å²) in [7, 11) is 1.75. The maximum Gasteiger partial charge on any atom is 0.256 e. The highest BCUT2D eigenvalue weighted by molar-refractivity contribution is 7.99. The van der Waals surface area contributed by atoms with Crippen LogP contribution in [0.25, 0.3) is 0 Å². The van der Waals surface area contributed by atoms with E-state index in [1.807, 2.05) is 6.92 Å². The number of nitrogens with zero attached hydrogens (tertiary/aromatic N) is 2. The van der Waals surface area contributed by atoms with Crippen molar-refractivity contribution < 1.29 is 0 Å². The number of hydrogen-bond acceptors (Lipinski definition) is 3. The van der Waals surface area contributed by atoms with Crippen molar-refractivity contribution in [3.63, 3.8) is 0 Å². The molecule has 12 heavy (non-hydrogen) atoms. The standard InChI is InChI=1S/C8H12N2OS/c1-4-12-8-9-5-6(2)7(11)10(8)3/h5H,4H2,1-3H3. The van der Waals surface area contributed by atoms with E-state index in [0.29, 0.717) is 5.56 Å². The van der Waals surface area contributed by atoms with Gasteiger partial charge in [-0.05, 0) is 12.7 Å². The summed E-state index contributed by atoms with van der Waals surface area (Å²) in [4.78, 5) is 15.5. The van der Waals surface area contributed by atoms with E-state index in [9.17, 15) is 4.79 Å². The van der Waals surface area contributed by atoms with Gasteiger partial charge in [0.05, 0.1) is 0 Å². The minimum atomic E-state index is 0.0425. The number of rotatable bonds is 2.